The van der Waals surface area contributed by atoms with Gasteiger partial charge < -0.3 is 4.90 Å². The van der Waals surface area contributed by atoms with Crippen LogP contribution in [0.3, 0.4) is 0 Å². The molecule has 0 bridgehead atoms. The molecule has 2 aromatic rings. The van der Waals surface area contributed by atoms with Crippen LogP contribution >= 0.6 is 11.6 Å². The maximum atomic E-state index is 12.2. The molecule has 0 unspecified atom stereocenters. The second-order valence-electron chi connectivity index (χ2n) is 4.05. The van der Waals surface area contributed by atoms with Crippen LogP contribution in [0.15, 0.2) is 24.5 Å². The molecular formula is C11H10ClN5O3. The Kier molecular flexibility index (Phi) is 3.94. The van der Waals surface area contributed by atoms with E-state index in [1.54, 1.807) is 7.05 Å². The van der Waals surface area contributed by atoms with Gasteiger partial charge in [-0.3, -0.25) is 20.0 Å². The van der Waals surface area contributed by atoms with E-state index in [-0.39, 0.29) is 22.8 Å². The Labute approximate surface area is 118 Å². The molecule has 0 saturated heterocycles. The number of nitrogens with zero attached hydrogens (tertiary/aromatic N) is 4. The van der Waals surface area contributed by atoms with E-state index < -0.39 is 10.8 Å². The van der Waals surface area contributed by atoms with Crippen molar-refractivity contribution in [1.29, 1.82) is 0 Å². The van der Waals surface area contributed by atoms with Gasteiger partial charge in [0.15, 0.2) is 0 Å². The molecule has 1 heterocycles. The number of hydrogen-bond acceptors (Lipinski definition) is 5. The molecule has 0 aliphatic carbocycles. The number of non-ortho nitro benzene ring substituents is 1. The number of aromatic nitrogens is 3. The molecule has 1 amide bonds. The summed E-state index contributed by atoms with van der Waals surface area (Å²) in [6.45, 7) is 0.207. The van der Waals surface area contributed by atoms with Crippen LogP contribution in [0.1, 0.15) is 16.2 Å². The van der Waals surface area contributed by atoms with E-state index >= 15 is 0 Å². The minimum absolute atomic E-state index is 0.135. The van der Waals surface area contributed by atoms with Crippen molar-refractivity contribution < 1.29 is 9.72 Å². The van der Waals surface area contributed by atoms with Gasteiger partial charge in [0, 0.05) is 29.8 Å². The lowest BCUT2D eigenvalue weighted by Gasteiger charge is -2.15. The Morgan fingerprint density at radius 2 is 2.25 bits per heavy atom. The van der Waals surface area contributed by atoms with Crippen molar-refractivity contribution in [1.82, 2.24) is 20.1 Å². The zero-order valence-electron chi connectivity index (χ0n) is 10.4. The molecule has 0 aliphatic rings. The van der Waals surface area contributed by atoms with Gasteiger partial charge in [0.2, 0.25) is 0 Å². The number of hydrogen-bond donors (Lipinski definition) is 1. The summed E-state index contributed by atoms with van der Waals surface area (Å²) >= 11 is 5.78. The standard InChI is InChI=1S/C11H10ClN5O3/c1-16(5-10-13-6-14-15-10)11(18)7-2-8(12)4-9(3-7)17(19)20/h2-4,6H,5H2,1H3,(H,13,14,15). The maximum absolute atomic E-state index is 12.2. The number of aromatic amines is 1. The third kappa shape index (κ3) is 3.09. The van der Waals surface area contributed by atoms with E-state index in [0.717, 1.165) is 0 Å². The van der Waals surface area contributed by atoms with Gasteiger partial charge >= 0.3 is 0 Å². The second-order valence-corrected chi connectivity index (χ2v) is 4.49. The van der Waals surface area contributed by atoms with Gasteiger partial charge in [0.25, 0.3) is 11.6 Å². The predicted octanol–water partition coefficient (Wildman–Crippen LogP) is 1.64. The van der Waals surface area contributed by atoms with Gasteiger partial charge in [-0.15, -0.1) is 0 Å². The lowest BCUT2D eigenvalue weighted by atomic mass is 10.2. The summed E-state index contributed by atoms with van der Waals surface area (Å²) in [4.78, 5) is 27.6. The van der Waals surface area contributed by atoms with Crippen molar-refractivity contribution in [3.8, 4) is 0 Å². The molecule has 0 radical (unpaired) electrons. The van der Waals surface area contributed by atoms with Gasteiger partial charge in [-0.25, -0.2) is 4.98 Å². The van der Waals surface area contributed by atoms with E-state index in [1.165, 1.54) is 29.4 Å². The summed E-state index contributed by atoms with van der Waals surface area (Å²) in [5.74, 6) is 0.115. The Morgan fingerprint density at radius 3 is 2.85 bits per heavy atom. The zero-order valence-corrected chi connectivity index (χ0v) is 11.2. The minimum atomic E-state index is -0.598. The minimum Gasteiger partial charge on any atom is -0.334 e. The number of carbonyl (C=O) groups is 1. The summed E-state index contributed by atoms with van der Waals surface area (Å²) < 4.78 is 0. The summed E-state index contributed by atoms with van der Waals surface area (Å²) in [6.07, 6.45) is 1.33. The number of amides is 1. The highest BCUT2D eigenvalue weighted by molar-refractivity contribution is 6.31. The van der Waals surface area contributed by atoms with Crippen molar-refractivity contribution in [3.63, 3.8) is 0 Å². The van der Waals surface area contributed by atoms with Crippen LogP contribution < -0.4 is 0 Å². The molecule has 104 valence electrons. The average Bonchev–Trinajstić information content (AvgIpc) is 2.89. The molecule has 0 aliphatic heterocycles. The Hall–Kier alpha value is -2.48. The number of nitro benzene ring substituents is 1. The number of halogens is 1. The molecule has 1 aromatic carbocycles. The molecule has 1 N–H and O–H groups in total. The highest BCUT2D eigenvalue weighted by Gasteiger charge is 2.17. The van der Waals surface area contributed by atoms with E-state index in [4.69, 9.17) is 11.6 Å². The Bertz CT molecular complexity index is 644. The first-order valence-electron chi connectivity index (χ1n) is 5.52. The lowest BCUT2D eigenvalue weighted by molar-refractivity contribution is -0.384. The number of nitro groups is 1. The van der Waals surface area contributed by atoms with Crippen LogP contribution in [0.25, 0.3) is 0 Å². The summed E-state index contributed by atoms with van der Waals surface area (Å²) in [6, 6.07) is 3.76. The summed E-state index contributed by atoms with van der Waals surface area (Å²) in [5.41, 5.74) is -0.0832. The quantitative estimate of drug-likeness (QED) is 0.682. The van der Waals surface area contributed by atoms with Crippen LogP contribution in [0, 0.1) is 10.1 Å². The second kappa shape index (κ2) is 5.66. The monoisotopic (exact) mass is 295 g/mol. The summed E-state index contributed by atoms with van der Waals surface area (Å²) in [7, 11) is 1.55. The molecule has 9 heteroatoms. The number of carbonyl (C=O) groups excluding carboxylic acids is 1. The van der Waals surface area contributed by atoms with Gasteiger partial charge in [0.1, 0.15) is 12.2 Å². The first-order valence-corrected chi connectivity index (χ1v) is 5.90. The van der Waals surface area contributed by atoms with Gasteiger partial charge in [0.05, 0.1) is 11.5 Å². The average molecular weight is 296 g/mol. The van der Waals surface area contributed by atoms with Crippen molar-refractivity contribution in [2.75, 3.05) is 7.05 Å². The molecule has 8 nitrogen and oxygen atoms in total. The van der Waals surface area contributed by atoms with E-state index in [9.17, 15) is 14.9 Å². The van der Waals surface area contributed by atoms with E-state index in [2.05, 4.69) is 15.2 Å². The molecule has 20 heavy (non-hydrogen) atoms. The third-order valence-electron chi connectivity index (χ3n) is 2.54. The molecule has 2 rings (SSSR count). The predicted molar refractivity (Wildman–Crippen MR) is 70.3 cm³/mol. The normalized spacial score (nSPS) is 10.3. The largest absolute Gasteiger partial charge is 0.334 e. The van der Waals surface area contributed by atoms with E-state index in [0.29, 0.717) is 5.82 Å². The molecular weight excluding hydrogens is 286 g/mol. The van der Waals surface area contributed by atoms with Crippen molar-refractivity contribution in [2.24, 2.45) is 0 Å². The zero-order chi connectivity index (χ0) is 14.7. The fraction of sp³-hybridized carbons (Fsp3) is 0.182. The van der Waals surface area contributed by atoms with Gasteiger partial charge in [-0.1, -0.05) is 11.6 Å². The highest BCUT2D eigenvalue weighted by atomic mass is 35.5. The molecule has 0 atom stereocenters. The Morgan fingerprint density at radius 1 is 1.50 bits per heavy atom. The summed E-state index contributed by atoms with van der Waals surface area (Å²) in [5, 5.41) is 17.2. The smallest absolute Gasteiger partial charge is 0.271 e. The van der Waals surface area contributed by atoms with Crippen molar-refractivity contribution >= 4 is 23.2 Å². The van der Waals surface area contributed by atoms with Crippen LogP contribution in [0.5, 0.6) is 0 Å². The number of H-pyrrole nitrogens is 1. The van der Waals surface area contributed by atoms with Crippen LogP contribution in [0.4, 0.5) is 5.69 Å². The maximum Gasteiger partial charge on any atom is 0.271 e. The fourth-order valence-corrected chi connectivity index (χ4v) is 1.86. The van der Waals surface area contributed by atoms with E-state index in [1.807, 2.05) is 0 Å². The first-order chi connectivity index (χ1) is 9.47. The van der Waals surface area contributed by atoms with Crippen molar-refractivity contribution in [3.05, 3.63) is 51.1 Å². The van der Waals surface area contributed by atoms with Gasteiger partial charge in [-0.05, 0) is 6.07 Å². The SMILES string of the molecule is CN(Cc1ncn[nH]1)C(=O)c1cc(Cl)cc([N+](=O)[O-])c1. The molecule has 0 saturated carbocycles. The molecule has 0 fully saturated rings. The topological polar surface area (TPSA) is 105 Å². The van der Waals surface area contributed by atoms with Crippen LogP contribution in [-0.2, 0) is 6.54 Å². The van der Waals surface area contributed by atoms with Crippen LogP contribution in [-0.4, -0.2) is 38.0 Å². The molecule has 1 aromatic heterocycles. The van der Waals surface area contributed by atoms with Crippen molar-refractivity contribution in [2.45, 2.75) is 6.54 Å². The fourth-order valence-electron chi connectivity index (χ4n) is 1.63. The molecule has 0 spiro atoms. The van der Waals surface area contributed by atoms with Gasteiger partial charge in [-0.2, -0.15) is 5.10 Å². The number of benzene rings is 1. The third-order valence-corrected chi connectivity index (χ3v) is 2.76. The number of rotatable bonds is 4. The van der Waals surface area contributed by atoms with Crippen LogP contribution in [0.2, 0.25) is 5.02 Å². The Balaban J connectivity index is 2.22. The number of nitrogens with one attached hydrogen (secondary N) is 1. The first kappa shape index (κ1) is 13.9. The highest BCUT2D eigenvalue weighted by Crippen LogP contribution is 2.21. The lowest BCUT2D eigenvalue weighted by Crippen LogP contribution is -2.26.